The number of benzene rings is 1. The summed E-state index contributed by atoms with van der Waals surface area (Å²) in [6.07, 6.45) is 5.59. The van der Waals surface area contributed by atoms with Crippen LogP contribution in [-0.4, -0.2) is 23.9 Å². The molecule has 1 aromatic carbocycles. The van der Waals surface area contributed by atoms with Gasteiger partial charge in [-0.2, -0.15) is 0 Å². The van der Waals surface area contributed by atoms with Gasteiger partial charge in [-0.05, 0) is 43.1 Å². The summed E-state index contributed by atoms with van der Waals surface area (Å²) < 4.78 is 0. The first-order valence-electron chi connectivity index (χ1n) is 7.73. The Hall–Kier alpha value is -1.06. The van der Waals surface area contributed by atoms with Crippen molar-refractivity contribution in [3.05, 3.63) is 35.9 Å². The predicted octanol–water partition coefficient (Wildman–Crippen LogP) is 3.15. The number of nitrogens with two attached hydrogens (primary N) is 1. The number of halogens is 1. The fraction of sp³-hybridized carbons (Fsp3) is 0.588. The molecule has 1 atom stereocenters. The van der Waals surface area contributed by atoms with Crippen LogP contribution < -0.4 is 5.73 Å². The SMILES string of the molecule is CN(C(=O)CC(N)c1ccccc1)C(C1CC1)C1CC1.Cl. The topological polar surface area (TPSA) is 46.3 Å². The van der Waals surface area contributed by atoms with Crippen molar-refractivity contribution in [1.82, 2.24) is 4.90 Å². The first kappa shape index (κ1) is 16.3. The van der Waals surface area contributed by atoms with Crippen LogP contribution in [0.15, 0.2) is 30.3 Å². The van der Waals surface area contributed by atoms with E-state index in [1.165, 1.54) is 25.7 Å². The van der Waals surface area contributed by atoms with Crippen molar-refractivity contribution in [2.75, 3.05) is 7.05 Å². The molecule has 2 saturated carbocycles. The van der Waals surface area contributed by atoms with Gasteiger partial charge in [-0.25, -0.2) is 0 Å². The molecule has 0 radical (unpaired) electrons. The van der Waals surface area contributed by atoms with Gasteiger partial charge in [0.2, 0.25) is 5.91 Å². The minimum Gasteiger partial charge on any atom is -0.342 e. The average Bonchev–Trinajstić information content (AvgIpc) is 3.34. The molecule has 2 fully saturated rings. The normalized spacial score (nSPS) is 19.0. The van der Waals surface area contributed by atoms with E-state index in [0.717, 1.165) is 17.4 Å². The number of carbonyl (C=O) groups excluding carboxylic acids is 1. The molecule has 0 saturated heterocycles. The highest BCUT2D eigenvalue weighted by Gasteiger charge is 2.44. The van der Waals surface area contributed by atoms with E-state index in [1.807, 2.05) is 42.3 Å². The van der Waals surface area contributed by atoms with Gasteiger partial charge in [0.1, 0.15) is 0 Å². The number of nitrogens with zero attached hydrogens (tertiary/aromatic N) is 1. The van der Waals surface area contributed by atoms with Crippen LogP contribution in [0, 0.1) is 11.8 Å². The molecule has 21 heavy (non-hydrogen) atoms. The third-order valence-corrected chi connectivity index (χ3v) is 4.67. The Labute approximate surface area is 133 Å². The lowest BCUT2D eigenvalue weighted by atomic mass is 10.0. The molecular weight excluding hydrogens is 284 g/mol. The smallest absolute Gasteiger partial charge is 0.224 e. The van der Waals surface area contributed by atoms with Crippen LogP contribution in [0.5, 0.6) is 0 Å². The van der Waals surface area contributed by atoms with E-state index in [2.05, 4.69) is 0 Å². The Kier molecular flexibility index (Phi) is 5.28. The zero-order valence-electron chi connectivity index (χ0n) is 12.6. The summed E-state index contributed by atoms with van der Waals surface area (Å²) in [7, 11) is 1.97. The largest absolute Gasteiger partial charge is 0.342 e. The van der Waals surface area contributed by atoms with Crippen LogP contribution in [0.2, 0.25) is 0 Å². The van der Waals surface area contributed by atoms with Crippen LogP contribution in [0.4, 0.5) is 0 Å². The van der Waals surface area contributed by atoms with Gasteiger partial charge in [-0.15, -0.1) is 12.4 Å². The predicted molar refractivity (Wildman–Crippen MR) is 87.2 cm³/mol. The lowest BCUT2D eigenvalue weighted by Gasteiger charge is -2.29. The summed E-state index contributed by atoms with van der Waals surface area (Å²) in [5, 5.41) is 0. The highest BCUT2D eigenvalue weighted by molar-refractivity contribution is 5.85. The van der Waals surface area contributed by atoms with Gasteiger partial charge in [-0.1, -0.05) is 30.3 Å². The van der Waals surface area contributed by atoms with Gasteiger partial charge < -0.3 is 10.6 Å². The zero-order valence-corrected chi connectivity index (χ0v) is 13.4. The Morgan fingerprint density at radius 3 is 2.19 bits per heavy atom. The molecule has 3 rings (SSSR count). The summed E-state index contributed by atoms with van der Waals surface area (Å²) in [4.78, 5) is 14.5. The molecule has 0 heterocycles. The van der Waals surface area contributed by atoms with Crippen molar-refractivity contribution in [2.24, 2.45) is 17.6 Å². The molecule has 0 spiro atoms. The minimum absolute atomic E-state index is 0. The van der Waals surface area contributed by atoms with Gasteiger partial charge in [-0.3, -0.25) is 4.79 Å². The number of hydrogen-bond acceptors (Lipinski definition) is 2. The molecule has 1 aromatic rings. The summed E-state index contributed by atoms with van der Waals surface area (Å²) in [5.74, 6) is 1.71. The highest BCUT2D eigenvalue weighted by Crippen LogP contribution is 2.47. The van der Waals surface area contributed by atoms with E-state index in [1.54, 1.807) is 0 Å². The maximum absolute atomic E-state index is 12.5. The Morgan fingerprint density at radius 2 is 1.71 bits per heavy atom. The molecule has 1 unspecified atom stereocenters. The van der Waals surface area contributed by atoms with Crippen molar-refractivity contribution in [3.63, 3.8) is 0 Å². The number of amides is 1. The number of hydrogen-bond donors (Lipinski definition) is 1. The fourth-order valence-corrected chi connectivity index (χ4v) is 3.21. The molecule has 2 aliphatic rings. The van der Waals surface area contributed by atoms with Crippen molar-refractivity contribution < 1.29 is 4.79 Å². The third kappa shape index (κ3) is 3.98. The van der Waals surface area contributed by atoms with E-state index >= 15 is 0 Å². The van der Waals surface area contributed by atoms with Crippen LogP contribution >= 0.6 is 12.4 Å². The molecule has 1 amide bonds. The minimum atomic E-state index is -0.190. The van der Waals surface area contributed by atoms with Crippen LogP contribution in [0.3, 0.4) is 0 Å². The molecule has 0 bridgehead atoms. The van der Waals surface area contributed by atoms with E-state index < -0.39 is 0 Å². The molecular formula is C17H25ClN2O. The van der Waals surface area contributed by atoms with E-state index in [0.29, 0.717) is 12.5 Å². The molecule has 4 heteroatoms. The summed E-state index contributed by atoms with van der Waals surface area (Å²) in [6, 6.07) is 10.2. The van der Waals surface area contributed by atoms with Gasteiger partial charge in [0, 0.05) is 25.6 Å². The van der Waals surface area contributed by atoms with Gasteiger partial charge in [0.05, 0.1) is 0 Å². The van der Waals surface area contributed by atoms with Crippen LogP contribution in [-0.2, 0) is 4.79 Å². The van der Waals surface area contributed by atoms with Crippen molar-refractivity contribution in [3.8, 4) is 0 Å². The lowest BCUT2D eigenvalue weighted by molar-refractivity contribution is -0.133. The van der Waals surface area contributed by atoms with Crippen molar-refractivity contribution >= 4 is 18.3 Å². The maximum Gasteiger partial charge on any atom is 0.224 e. The Morgan fingerprint density at radius 1 is 1.19 bits per heavy atom. The lowest BCUT2D eigenvalue weighted by Crippen LogP contribution is -2.41. The van der Waals surface area contributed by atoms with Gasteiger partial charge in [0.25, 0.3) is 0 Å². The first-order chi connectivity index (χ1) is 9.66. The molecule has 0 aromatic heterocycles. The third-order valence-electron chi connectivity index (χ3n) is 4.67. The fourth-order valence-electron chi connectivity index (χ4n) is 3.21. The van der Waals surface area contributed by atoms with Crippen LogP contribution in [0.1, 0.15) is 43.7 Å². The second kappa shape index (κ2) is 6.80. The average molecular weight is 309 g/mol. The molecule has 3 nitrogen and oxygen atoms in total. The molecule has 0 aliphatic heterocycles. The van der Waals surface area contributed by atoms with Gasteiger partial charge >= 0.3 is 0 Å². The Bertz CT molecular complexity index is 459. The number of carbonyl (C=O) groups is 1. The highest BCUT2D eigenvalue weighted by atomic mass is 35.5. The number of rotatable bonds is 6. The monoisotopic (exact) mass is 308 g/mol. The van der Waals surface area contributed by atoms with E-state index in [-0.39, 0.29) is 24.4 Å². The van der Waals surface area contributed by atoms with E-state index in [4.69, 9.17) is 5.73 Å². The van der Waals surface area contributed by atoms with Gasteiger partial charge in [0.15, 0.2) is 0 Å². The first-order valence-corrected chi connectivity index (χ1v) is 7.73. The summed E-state index contributed by atoms with van der Waals surface area (Å²) in [6.45, 7) is 0. The summed E-state index contributed by atoms with van der Waals surface area (Å²) in [5.41, 5.74) is 7.21. The quantitative estimate of drug-likeness (QED) is 0.877. The van der Waals surface area contributed by atoms with Crippen molar-refractivity contribution in [2.45, 2.75) is 44.2 Å². The van der Waals surface area contributed by atoms with E-state index in [9.17, 15) is 4.79 Å². The van der Waals surface area contributed by atoms with Crippen LogP contribution in [0.25, 0.3) is 0 Å². The van der Waals surface area contributed by atoms with Crippen molar-refractivity contribution in [1.29, 1.82) is 0 Å². The Balaban J connectivity index is 0.00000161. The summed E-state index contributed by atoms with van der Waals surface area (Å²) >= 11 is 0. The maximum atomic E-state index is 12.5. The molecule has 2 N–H and O–H groups in total. The second-order valence-electron chi connectivity index (χ2n) is 6.39. The second-order valence-corrected chi connectivity index (χ2v) is 6.39. The molecule has 116 valence electrons. The molecule has 2 aliphatic carbocycles. The zero-order chi connectivity index (χ0) is 14.1. The standard InChI is InChI=1S/C17H24N2O.ClH/c1-19(17(13-7-8-13)14-9-10-14)16(20)11-15(18)12-5-3-2-4-6-12;/h2-6,13-15,17H,7-11,18H2,1H3;1H.